The second kappa shape index (κ2) is 7.55. The van der Waals surface area contributed by atoms with Crippen molar-refractivity contribution < 1.29 is 13.2 Å². The van der Waals surface area contributed by atoms with Gasteiger partial charge in [-0.15, -0.1) is 0 Å². The Balaban J connectivity index is 2.05. The highest BCUT2D eigenvalue weighted by Crippen LogP contribution is 2.15. The van der Waals surface area contributed by atoms with Gasteiger partial charge in [0.15, 0.2) is 0 Å². The summed E-state index contributed by atoms with van der Waals surface area (Å²) in [7, 11) is -3.46. The van der Waals surface area contributed by atoms with Crippen molar-refractivity contribution in [3.05, 3.63) is 29.8 Å². The molecule has 1 atom stereocenters. The minimum Gasteiger partial charge on any atom is -0.379 e. The van der Waals surface area contributed by atoms with Gasteiger partial charge in [0, 0.05) is 25.7 Å². The van der Waals surface area contributed by atoms with Crippen molar-refractivity contribution in [2.75, 3.05) is 32.8 Å². The molecule has 124 valence electrons. The lowest BCUT2D eigenvalue weighted by molar-refractivity contribution is 0.00776. The third kappa shape index (κ3) is 4.52. The Kier molecular flexibility index (Phi) is 5.97. The smallest absolute Gasteiger partial charge is 0.240 e. The highest BCUT2D eigenvalue weighted by molar-refractivity contribution is 7.89. The van der Waals surface area contributed by atoms with Gasteiger partial charge in [-0.2, -0.15) is 0 Å². The first-order chi connectivity index (χ1) is 10.4. The van der Waals surface area contributed by atoms with Gasteiger partial charge >= 0.3 is 0 Å². The van der Waals surface area contributed by atoms with Gasteiger partial charge in [-0.3, -0.25) is 4.90 Å². The topological polar surface area (TPSA) is 58.6 Å². The van der Waals surface area contributed by atoms with E-state index in [1.807, 2.05) is 13.0 Å². The number of hydrogen-bond donors (Lipinski definition) is 1. The average Bonchev–Trinajstić information content (AvgIpc) is 2.48. The van der Waals surface area contributed by atoms with Crippen molar-refractivity contribution in [1.29, 1.82) is 0 Å². The first-order valence-corrected chi connectivity index (χ1v) is 9.26. The molecule has 1 heterocycles. The lowest BCUT2D eigenvalue weighted by atomic mass is 10.0. The molecule has 1 N–H and O–H groups in total. The molecule has 0 bridgehead atoms. The number of nitrogens with one attached hydrogen (secondary N) is 1. The van der Waals surface area contributed by atoms with Crippen molar-refractivity contribution in [3.8, 4) is 0 Å². The van der Waals surface area contributed by atoms with E-state index in [2.05, 4.69) is 23.5 Å². The van der Waals surface area contributed by atoms with E-state index in [0.29, 0.717) is 30.6 Å². The molecule has 0 aliphatic carbocycles. The number of morpholine rings is 1. The van der Waals surface area contributed by atoms with E-state index < -0.39 is 10.0 Å². The van der Waals surface area contributed by atoms with Crippen LogP contribution in [0.1, 0.15) is 19.4 Å². The standard InChI is InChI=1S/C16H26N2O3S/c1-13(2)16(18-7-9-21-10-8-18)12-17-22(19,20)15-6-4-5-14(3)11-15/h4-6,11,13,16-17H,7-10,12H2,1-3H3. The minimum atomic E-state index is -3.46. The monoisotopic (exact) mass is 326 g/mol. The Morgan fingerprint density at radius 1 is 1.27 bits per heavy atom. The van der Waals surface area contributed by atoms with Gasteiger partial charge in [0.1, 0.15) is 0 Å². The van der Waals surface area contributed by atoms with Gasteiger partial charge in [0.25, 0.3) is 0 Å². The molecule has 1 unspecified atom stereocenters. The summed E-state index contributed by atoms with van der Waals surface area (Å²) in [5.74, 6) is 0.373. The van der Waals surface area contributed by atoms with E-state index in [1.165, 1.54) is 0 Å². The van der Waals surface area contributed by atoms with Crippen LogP contribution in [0.5, 0.6) is 0 Å². The summed E-state index contributed by atoms with van der Waals surface area (Å²) in [5, 5.41) is 0. The van der Waals surface area contributed by atoms with E-state index in [9.17, 15) is 8.42 Å². The molecule has 0 radical (unpaired) electrons. The molecule has 6 heteroatoms. The number of nitrogens with zero attached hydrogens (tertiary/aromatic N) is 1. The predicted molar refractivity (Wildman–Crippen MR) is 87.4 cm³/mol. The zero-order chi connectivity index (χ0) is 16.2. The summed E-state index contributed by atoms with van der Waals surface area (Å²) >= 11 is 0. The van der Waals surface area contributed by atoms with Gasteiger partial charge in [-0.1, -0.05) is 26.0 Å². The largest absolute Gasteiger partial charge is 0.379 e. The number of hydrogen-bond acceptors (Lipinski definition) is 4. The number of benzene rings is 1. The zero-order valence-electron chi connectivity index (χ0n) is 13.6. The fourth-order valence-corrected chi connectivity index (χ4v) is 3.91. The molecule has 1 aliphatic rings. The van der Waals surface area contributed by atoms with Crippen LogP contribution >= 0.6 is 0 Å². The van der Waals surface area contributed by atoms with Gasteiger partial charge < -0.3 is 4.74 Å². The second-order valence-corrected chi connectivity index (χ2v) is 7.90. The van der Waals surface area contributed by atoms with E-state index in [0.717, 1.165) is 18.7 Å². The van der Waals surface area contributed by atoms with Crippen LogP contribution in [0.25, 0.3) is 0 Å². The Labute approximate surface area is 133 Å². The summed E-state index contributed by atoms with van der Waals surface area (Å²) in [6.07, 6.45) is 0. The number of sulfonamides is 1. The SMILES string of the molecule is Cc1cccc(S(=O)(=O)NCC(C(C)C)N2CCOCC2)c1. The highest BCUT2D eigenvalue weighted by atomic mass is 32.2. The molecule has 1 aromatic rings. The first kappa shape index (κ1) is 17.4. The Morgan fingerprint density at radius 2 is 1.95 bits per heavy atom. The Hall–Kier alpha value is -0.950. The van der Waals surface area contributed by atoms with Gasteiger partial charge in [-0.05, 0) is 30.5 Å². The van der Waals surface area contributed by atoms with Crippen LogP contribution in [0.4, 0.5) is 0 Å². The van der Waals surface area contributed by atoms with E-state index in [1.54, 1.807) is 18.2 Å². The van der Waals surface area contributed by atoms with Crippen LogP contribution in [-0.4, -0.2) is 52.2 Å². The van der Waals surface area contributed by atoms with Crippen molar-refractivity contribution in [1.82, 2.24) is 9.62 Å². The van der Waals surface area contributed by atoms with Crippen LogP contribution in [0.3, 0.4) is 0 Å². The molecule has 0 saturated carbocycles. The quantitative estimate of drug-likeness (QED) is 0.863. The second-order valence-electron chi connectivity index (χ2n) is 6.13. The molecule has 0 aromatic heterocycles. The summed E-state index contributed by atoms with van der Waals surface area (Å²) in [4.78, 5) is 2.64. The number of rotatable bonds is 6. The highest BCUT2D eigenvalue weighted by Gasteiger charge is 2.25. The lowest BCUT2D eigenvalue weighted by Crippen LogP contribution is -2.51. The van der Waals surface area contributed by atoms with Crippen molar-refractivity contribution >= 4 is 10.0 Å². The molecule has 1 fully saturated rings. The van der Waals surface area contributed by atoms with Gasteiger partial charge in [0.2, 0.25) is 10.0 Å². The number of ether oxygens (including phenoxy) is 1. The van der Waals surface area contributed by atoms with E-state index in [4.69, 9.17) is 4.74 Å². The predicted octanol–water partition coefficient (Wildman–Crippen LogP) is 1.63. The Morgan fingerprint density at radius 3 is 2.55 bits per heavy atom. The molecule has 0 amide bonds. The maximum Gasteiger partial charge on any atom is 0.240 e. The summed E-state index contributed by atoms with van der Waals surface area (Å²) < 4.78 is 33.0. The fraction of sp³-hybridized carbons (Fsp3) is 0.625. The van der Waals surface area contributed by atoms with Crippen LogP contribution in [-0.2, 0) is 14.8 Å². The third-order valence-electron chi connectivity index (χ3n) is 4.07. The molecular weight excluding hydrogens is 300 g/mol. The third-order valence-corrected chi connectivity index (χ3v) is 5.49. The van der Waals surface area contributed by atoms with E-state index >= 15 is 0 Å². The van der Waals surface area contributed by atoms with Crippen LogP contribution in [0.2, 0.25) is 0 Å². The summed E-state index contributed by atoms with van der Waals surface area (Å²) in [6.45, 7) is 9.71. The maximum absolute atomic E-state index is 12.4. The molecule has 1 aliphatic heterocycles. The van der Waals surface area contributed by atoms with Gasteiger partial charge in [0.05, 0.1) is 18.1 Å². The molecule has 1 saturated heterocycles. The molecule has 0 spiro atoms. The summed E-state index contributed by atoms with van der Waals surface area (Å²) in [6, 6.07) is 7.18. The van der Waals surface area contributed by atoms with Crippen LogP contribution in [0.15, 0.2) is 29.2 Å². The molecule has 1 aromatic carbocycles. The van der Waals surface area contributed by atoms with Gasteiger partial charge in [-0.25, -0.2) is 13.1 Å². The number of aryl methyl sites for hydroxylation is 1. The van der Waals surface area contributed by atoms with Crippen molar-refractivity contribution in [2.45, 2.75) is 31.7 Å². The maximum atomic E-state index is 12.4. The summed E-state index contributed by atoms with van der Waals surface area (Å²) in [5.41, 5.74) is 0.941. The fourth-order valence-electron chi connectivity index (χ4n) is 2.76. The normalized spacial score (nSPS) is 18.5. The molecule has 22 heavy (non-hydrogen) atoms. The van der Waals surface area contributed by atoms with Crippen molar-refractivity contribution in [3.63, 3.8) is 0 Å². The Bertz CT molecular complexity index is 581. The van der Waals surface area contributed by atoms with Crippen LogP contribution in [0, 0.1) is 12.8 Å². The first-order valence-electron chi connectivity index (χ1n) is 7.78. The minimum absolute atomic E-state index is 0.184. The zero-order valence-corrected chi connectivity index (χ0v) is 14.4. The average molecular weight is 326 g/mol. The molecular formula is C16H26N2O3S. The van der Waals surface area contributed by atoms with Crippen LogP contribution < -0.4 is 4.72 Å². The molecule has 5 nitrogen and oxygen atoms in total. The van der Waals surface area contributed by atoms with E-state index in [-0.39, 0.29) is 6.04 Å². The lowest BCUT2D eigenvalue weighted by Gasteiger charge is -2.36. The molecule has 2 rings (SSSR count). The van der Waals surface area contributed by atoms with Crippen molar-refractivity contribution in [2.24, 2.45) is 5.92 Å².